The van der Waals surface area contributed by atoms with Crippen LogP contribution in [0, 0.1) is 5.41 Å². The average Bonchev–Trinajstić information content (AvgIpc) is 2.63. The minimum atomic E-state index is -0.0826. The second kappa shape index (κ2) is 8.05. The molecule has 1 aromatic carbocycles. The lowest BCUT2D eigenvalue weighted by Crippen LogP contribution is -2.47. The molecule has 29 heavy (non-hydrogen) atoms. The van der Waals surface area contributed by atoms with Crippen molar-refractivity contribution in [3.8, 4) is 11.5 Å². The molecule has 4 rings (SSSR count). The Morgan fingerprint density at radius 3 is 2.62 bits per heavy atom. The fourth-order valence-corrected chi connectivity index (χ4v) is 5.87. The number of nitrogens with zero attached hydrogens (tertiary/aromatic N) is 1. The monoisotopic (exact) mass is 465 g/mol. The smallest absolute Gasteiger partial charge is 0.175 e. The maximum Gasteiger partial charge on any atom is 0.175 e. The summed E-state index contributed by atoms with van der Waals surface area (Å²) < 4.78 is 19.5. The molecule has 0 N–H and O–H groups in total. The number of hydrogen-bond acceptors (Lipinski definition) is 4. The zero-order chi connectivity index (χ0) is 20.8. The van der Waals surface area contributed by atoms with Crippen molar-refractivity contribution in [1.29, 1.82) is 0 Å². The zero-order valence-corrected chi connectivity index (χ0v) is 20.2. The van der Waals surface area contributed by atoms with E-state index in [-0.39, 0.29) is 5.60 Å². The number of rotatable bonds is 5. The molecule has 4 nitrogen and oxygen atoms in total. The average molecular weight is 466 g/mol. The van der Waals surface area contributed by atoms with Crippen LogP contribution < -0.4 is 9.47 Å². The van der Waals surface area contributed by atoms with Crippen molar-refractivity contribution in [2.75, 3.05) is 26.8 Å². The maximum atomic E-state index is 6.33. The van der Waals surface area contributed by atoms with Gasteiger partial charge in [0, 0.05) is 24.5 Å². The fraction of sp³-hybridized carbons (Fsp3) is 0.750. The Balaban J connectivity index is 1.55. The van der Waals surface area contributed by atoms with Crippen LogP contribution in [0.25, 0.3) is 0 Å². The molecule has 162 valence electrons. The molecule has 1 aliphatic carbocycles. The molecule has 2 unspecified atom stereocenters. The third kappa shape index (κ3) is 4.47. The summed E-state index contributed by atoms with van der Waals surface area (Å²) >= 11 is 3.89. The molecular weight excluding hydrogens is 430 g/mol. The topological polar surface area (TPSA) is 30.9 Å². The Kier molecular flexibility index (Phi) is 5.95. The number of methoxy groups -OCH3 is 1. The van der Waals surface area contributed by atoms with Crippen LogP contribution in [0.1, 0.15) is 77.0 Å². The van der Waals surface area contributed by atoms with Gasteiger partial charge >= 0.3 is 0 Å². The van der Waals surface area contributed by atoms with Gasteiger partial charge in [-0.2, -0.15) is 0 Å². The summed E-state index contributed by atoms with van der Waals surface area (Å²) in [6.45, 7) is 11.6. The summed E-state index contributed by atoms with van der Waals surface area (Å²) in [6.07, 6.45) is 7.42. The molecule has 1 saturated carbocycles. The Hall–Kier alpha value is -0.780. The number of benzene rings is 1. The lowest BCUT2D eigenvalue weighted by Gasteiger charge is -2.45. The number of halogens is 1. The van der Waals surface area contributed by atoms with E-state index in [2.05, 4.69) is 54.6 Å². The summed E-state index contributed by atoms with van der Waals surface area (Å²) in [5.41, 5.74) is 3.04. The Morgan fingerprint density at radius 2 is 2.00 bits per heavy atom. The number of ether oxygens (including phenoxy) is 3. The molecule has 1 aromatic rings. The second-order valence-electron chi connectivity index (χ2n) is 10.4. The van der Waals surface area contributed by atoms with Gasteiger partial charge in [-0.25, -0.2) is 0 Å². The summed E-state index contributed by atoms with van der Waals surface area (Å²) in [5.74, 6) is 1.74. The highest BCUT2D eigenvalue weighted by Gasteiger charge is 2.38. The highest BCUT2D eigenvalue weighted by molar-refractivity contribution is 9.10. The van der Waals surface area contributed by atoms with E-state index in [1.807, 2.05) is 0 Å². The molecule has 0 spiro atoms. The summed E-state index contributed by atoms with van der Waals surface area (Å²) in [4.78, 5) is 2.60. The van der Waals surface area contributed by atoms with Crippen molar-refractivity contribution in [2.24, 2.45) is 5.41 Å². The van der Waals surface area contributed by atoms with Gasteiger partial charge in [-0.1, -0.05) is 13.3 Å². The third-order valence-electron chi connectivity index (χ3n) is 6.84. The zero-order valence-electron chi connectivity index (χ0n) is 18.6. The van der Waals surface area contributed by atoms with Gasteiger partial charge in [0.2, 0.25) is 0 Å². The van der Waals surface area contributed by atoms with E-state index in [1.54, 1.807) is 7.11 Å². The molecule has 0 radical (unpaired) electrons. The van der Waals surface area contributed by atoms with Crippen molar-refractivity contribution in [3.63, 3.8) is 0 Å². The van der Waals surface area contributed by atoms with E-state index in [0.29, 0.717) is 17.6 Å². The fourth-order valence-electron chi connectivity index (χ4n) is 5.13. The normalized spacial score (nSPS) is 26.3. The maximum absolute atomic E-state index is 6.33. The lowest BCUT2D eigenvalue weighted by atomic mass is 9.71. The number of piperidine rings is 1. The first-order chi connectivity index (χ1) is 13.7. The van der Waals surface area contributed by atoms with E-state index in [1.165, 1.54) is 30.4 Å². The van der Waals surface area contributed by atoms with E-state index in [4.69, 9.17) is 14.2 Å². The lowest BCUT2D eigenvalue weighted by molar-refractivity contribution is -0.0972. The van der Waals surface area contributed by atoms with Gasteiger partial charge in [-0.05, 0) is 86.0 Å². The molecule has 1 saturated heterocycles. The minimum absolute atomic E-state index is 0.0826. The summed E-state index contributed by atoms with van der Waals surface area (Å²) in [5, 5.41) is 0. The van der Waals surface area contributed by atoms with Gasteiger partial charge < -0.3 is 14.2 Å². The summed E-state index contributed by atoms with van der Waals surface area (Å²) in [6, 6.07) is 2.68. The van der Waals surface area contributed by atoms with Crippen LogP contribution in [0.3, 0.4) is 0 Å². The van der Waals surface area contributed by atoms with E-state index in [0.717, 1.165) is 54.9 Å². The molecule has 0 aromatic heterocycles. The van der Waals surface area contributed by atoms with Crippen LogP contribution in [0.4, 0.5) is 0 Å². The standard InChI is InChI=1S/C24H36BrNO3/c1-23(2,3)29-16-7-8-19-18-13-20(27-5)22(28-15-24(4)10-6-11-24)21(25)17(18)9-12-26(19)14-16/h13,16,19H,6-12,14-15H2,1-5H3. The van der Waals surface area contributed by atoms with Gasteiger partial charge in [-0.15, -0.1) is 0 Å². The van der Waals surface area contributed by atoms with Gasteiger partial charge in [0.25, 0.3) is 0 Å². The van der Waals surface area contributed by atoms with Crippen molar-refractivity contribution in [2.45, 2.75) is 84.0 Å². The van der Waals surface area contributed by atoms with E-state index in [9.17, 15) is 0 Å². The first-order valence-corrected chi connectivity index (χ1v) is 11.9. The molecule has 0 bridgehead atoms. The summed E-state index contributed by atoms with van der Waals surface area (Å²) in [7, 11) is 1.75. The van der Waals surface area contributed by atoms with Gasteiger partial charge in [0.05, 0.1) is 29.9 Å². The van der Waals surface area contributed by atoms with Crippen LogP contribution >= 0.6 is 15.9 Å². The van der Waals surface area contributed by atoms with Gasteiger partial charge in [0.15, 0.2) is 11.5 Å². The van der Waals surface area contributed by atoms with Crippen LogP contribution in [-0.4, -0.2) is 43.4 Å². The van der Waals surface area contributed by atoms with Crippen LogP contribution in [0.2, 0.25) is 0 Å². The van der Waals surface area contributed by atoms with Crippen molar-refractivity contribution in [1.82, 2.24) is 4.90 Å². The first kappa shape index (κ1) is 21.5. The van der Waals surface area contributed by atoms with Crippen LogP contribution in [0.5, 0.6) is 11.5 Å². The largest absolute Gasteiger partial charge is 0.493 e. The number of hydrogen-bond donors (Lipinski definition) is 0. The number of fused-ring (bicyclic) bond motifs is 3. The molecular formula is C24H36BrNO3. The van der Waals surface area contributed by atoms with Crippen molar-refractivity contribution < 1.29 is 14.2 Å². The third-order valence-corrected chi connectivity index (χ3v) is 7.68. The molecule has 5 heteroatoms. The molecule has 2 aliphatic heterocycles. The quantitative estimate of drug-likeness (QED) is 0.541. The molecule has 2 fully saturated rings. The predicted octanol–water partition coefficient (Wildman–Crippen LogP) is 5.90. The van der Waals surface area contributed by atoms with Crippen LogP contribution in [-0.2, 0) is 11.2 Å². The van der Waals surface area contributed by atoms with E-state index >= 15 is 0 Å². The molecule has 2 heterocycles. The Labute approximate surface area is 184 Å². The van der Waals surface area contributed by atoms with Crippen molar-refractivity contribution in [3.05, 3.63) is 21.7 Å². The molecule has 2 atom stereocenters. The van der Waals surface area contributed by atoms with E-state index < -0.39 is 0 Å². The van der Waals surface area contributed by atoms with Crippen molar-refractivity contribution >= 4 is 15.9 Å². The minimum Gasteiger partial charge on any atom is -0.493 e. The Bertz CT molecular complexity index is 753. The second-order valence-corrected chi connectivity index (χ2v) is 11.2. The first-order valence-electron chi connectivity index (χ1n) is 11.1. The van der Waals surface area contributed by atoms with Crippen LogP contribution in [0.15, 0.2) is 10.5 Å². The predicted molar refractivity (Wildman–Crippen MR) is 120 cm³/mol. The van der Waals surface area contributed by atoms with Gasteiger partial charge in [0.1, 0.15) is 0 Å². The SMILES string of the molecule is COc1cc2c(c(Br)c1OCC1(C)CCC1)CCN1CC(OC(C)(C)C)CCC21. The molecule has 3 aliphatic rings. The Morgan fingerprint density at radius 1 is 1.24 bits per heavy atom. The highest BCUT2D eigenvalue weighted by atomic mass is 79.9. The highest BCUT2D eigenvalue weighted by Crippen LogP contribution is 2.48. The molecule has 0 amide bonds. The van der Waals surface area contributed by atoms with Gasteiger partial charge in [-0.3, -0.25) is 4.90 Å².